The second-order valence-electron chi connectivity index (χ2n) is 4.74. The Morgan fingerprint density at radius 2 is 2.15 bits per heavy atom. The van der Waals surface area contributed by atoms with E-state index in [1.165, 1.54) is 0 Å². The molecule has 0 unspecified atom stereocenters. The Hall–Kier alpha value is -1.88. The molecule has 0 radical (unpaired) electrons. The average molecular weight is 289 g/mol. The first kappa shape index (κ1) is 14.5. The van der Waals surface area contributed by atoms with E-state index < -0.39 is 0 Å². The van der Waals surface area contributed by atoms with Crippen molar-refractivity contribution in [2.45, 2.75) is 26.9 Å². The van der Waals surface area contributed by atoms with E-state index in [-0.39, 0.29) is 0 Å². The molecule has 0 fully saturated rings. The van der Waals surface area contributed by atoms with Gasteiger partial charge in [0, 0.05) is 12.6 Å². The third kappa shape index (κ3) is 3.17. The standard InChI is InChI=1S/C15H19N3OS/c1-4-12-8-13(18(3)17-12)9-19-14-7-11(15(16)20)6-5-10(14)2/h5-8H,4,9H2,1-3H3,(H2,16,20). The highest BCUT2D eigenvalue weighted by Gasteiger charge is 2.07. The molecule has 0 aliphatic rings. The van der Waals surface area contributed by atoms with Gasteiger partial charge in [-0.1, -0.05) is 31.3 Å². The normalized spacial score (nSPS) is 10.6. The van der Waals surface area contributed by atoms with E-state index in [4.69, 9.17) is 22.7 Å². The highest BCUT2D eigenvalue weighted by Crippen LogP contribution is 2.21. The molecule has 0 saturated carbocycles. The van der Waals surface area contributed by atoms with Crippen molar-refractivity contribution in [3.8, 4) is 5.75 Å². The predicted molar refractivity (Wildman–Crippen MR) is 84.0 cm³/mol. The van der Waals surface area contributed by atoms with Crippen molar-refractivity contribution in [3.63, 3.8) is 0 Å². The third-order valence-corrected chi connectivity index (χ3v) is 3.47. The van der Waals surface area contributed by atoms with Crippen molar-refractivity contribution >= 4 is 17.2 Å². The van der Waals surface area contributed by atoms with Crippen LogP contribution in [0.2, 0.25) is 0 Å². The number of aromatic nitrogens is 2. The smallest absolute Gasteiger partial charge is 0.130 e. The fourth-order valence-corrected chi connectivity index (χ4v) is 2.07. The van der Waals surface area contributed by atoms with E-state index >= 15 is 0 Å². The maximum atomic E-state index is 5.88. The van der Waals surface area contributed by atoms with Crippen LogP contribution < -0.4 is 10.5 Å². The molecule has 0 atom stereocenters. The molecule has 4 nitrogen and oxygen atoms in total. The van der Waals surface area contributed by atoms with Gasteiger partial charge in [-0.3, -0.25) is 4.68 Å². The molecule has 2 N–H and O–H groups in total. The van der Waals surface area contributed by atoms with Crippen LogP contribution in [0, 0.1) is 6.92 Å². The summed E-state index contributed by atoms with van der Waals surface area (Å²) in [7, 11) is 1.93. The first-order chi connectivity index (χ1) is 9.51. The molecule has 2 aromatic rings. The second-order valence-corrected chi connectivity index (χ2v) is 5.18. The SMILES string of the molecule is CCc1cc(COc2cc(C(N)=S)ccc2C)n(C)n1. The molecule has 0 amide bonds. The Morgan fingerprint density at radius 3 is 2.75 bits per heavy atom. The number of nitrogens with zero attached hydrogens (tertiary/aromatic N) is 2. The summed E-state index contributed by atoms with van der Waals surface area (Å²) in [5.74, 6) is 0.801. The van der Waals surface area contributed by atoms with E-state index in [0.29, 0.717) is 11.6 Å². The number of nitrogens with two attached hydrogens (primary N) is 1. The molecule has 1 aromatic carbocycles. The van der Waals surface area contributed by atoms with Crippen molar-refractivity contribution in [1.29, 1.82) is 0 Å². The van der Waals surface area contributed by atoms with E-state index in [0.717, 1.165) is 34.7 Å². The van der Waals surface area contributed by atoms with Crippen LogP contribution in [-0.2, 0) is 20.1 Å². The van der Waals surface area contributed by atoms with Crippen LogP contribution in [-0.4, -0.2) is 14.8 Å². The highest BCUT2D eigenvalue weighted by atomic mass is 32.1. The summed E-state index contributed by atoms with van der Waals surface area (Å²) in [5.41, 5.74) is 9.64. The van der Waals surface area contributed by atoms with Crippen LogP contribution >= 0.6 is 12.2 Å². The highest BCUT2D eigenvalue weighted by molar-refractivity contribution is 7.80. The van der Waals surface area contributed by atoms with Gasteiger partial charge in [-0.15, -0.1) is 0 Å². The summed E-state index contributed by atoms with van der Waals surface area (Å²) in [6.45, 7) is 4.56. The van der Waals surface area contributed by atoms with Crippen molar-refractivity contribution < 1.29 is 4.74 Å². The molecular formula is C15H19N3OS. The molecule has 0 aliphatic heterocycles. The van der Waals surface area contributed by atoms with Gasteiger partial charge in [-0.2, -0.15) is 5.10 Å². The topological polar surface area (TPSA) is 53.1 Å². The zero-order valence-corrected chi connectivity index (χ0v) is 12.8. The summed E-state index contributed by atoms with van der Waals surface area (Å²) >= 11 is 4.99. The lowest BCUT2D eigenvalue weighted by Crippen LogP contribution is -2.10. The zero-order chi connectivity index (χ0) is 14.7. The maximum Gasteiger partial charge on any atom is 0.130 e. The van der Waals surface area contributed by atoms with Gasteiger partial charge >= 0.3 is 0 Å². The van der Waals surface area contributed by atoms with Crippen LogP contribution in [0.1, 0.15) is 29.4 Å². The zero-order valence-electron chi connectivity index (χ0n) is 12.0. The number of rotatable bonds is 5. The Morgan fingerprint density at radius 1 is 1.40 bits per heavy atom. The summed E-state index contributed by atoms with van der Waals surface area (Å²) < 4.78 is 7.73. The second kappa shape index (κ2) is 6.05. The molecule has 1 aromatic heterocycles. The third-order valence-electron chi connectivity index (χ3n) is 3.24. The lowest BCUT2D eigenvalue weighted by atomic mass is 10.1. The van der Waals surface area contributed by atoms with Crippen LogP contribution in [0.15, 0.2) is 24.3 Å². The Balaban J connectivity index is 2.15. The number of aryl methyl sites for hydroxylation is 3. The predicted octanol–water partition coefficient (Wildman–Crippen LogP) is 2.50. The molecule has 0 bridgehead atoms. The minimum absolute atomic E-state index is 0.378. The number of benzene rings is 1. The van der Waals surface area contributed by atoms with Crippen LogP contribution in [0.25, 0.3) is 0 Å². The lowest BCUT2D eigenvalue weighted by Gasteiger charge is -2.10. The molecule has 0 spiro atoms. The summed E-state index contributed by atoms with van der Waals surface area (Å²) in [4.78, 5) is 0.378. The van der Waals surface area contributed by atoms with Gasteiger partial charge in [0.25, 0.3) is 0 Å². The van der Waals surface area contributed by atoms with Crippen molar-refractivity contribution in [2.75, 3.05) is 0 Å². The summed E-state index contributed by atoms with van der Waals surface area (Å²) in [5, 5.41) is 4.41. The number of hydrogen-bond acceptors (Lipinski definition) is 3. The van der Waals surface area contributed by atoms with E-state index in [9.17, 15) is 0 Å². The van der Waals surface area contributed by atoms with Crippen LogP contribution in [0.4, 0.5) is 0 Å². The van der Waals surface area contributed by atoms with E-state index in [2.05, 4.69) is 18.1 Å². The number of hydrogen-bond donors (Lipinski definition) is 1. The van der Waals surface area contributed by atoms with Crippen molar-refractivity contribution in [1.82, 2.24) is 9.78 Å². The lowest BCUT2D eigenvalue weighted by molar-refractivity contribution is 0.293. The van der Waals surface area contributed by atoms with Gasteiger partial charge in [0.05, 0.1) is 11.4 Å². The van der Waals surface area contributed by atoms with Gasteiger partial charge in [-0.25, -0.2) is 0 Å². The van der Waals surface area contributed by atoms with Crippen molar-refractivity contribution in [3.05, 3.63) is 46.8 Å². The summed E-state index contributed by atoms with van der Waals surface area (Å²) in [6, 6.07) is 7.82. The minimum Gasteiger partial charge on any atom is -0.487 e. The minimum atomic E-state index is 0.378. The molecule has 5 heteroatoms. The van der Waals surface area contributed by atoms with E-state index in [1.54, 1.807) is 0 Å². The molecule has 106 valence electrons. The molecule has 2 rings (SSSR count). The van der Waals surface area contributed by atoms with Gasteiger partial charge in [0.2, 0.25) is 0 Å². The van der Waals surface area contributed by atoms with Crippen LogP contribution in [0.5, 0.6) is 5.75 Å². The van der Waals surface area contributed by atoms with Gasteiger partial charge in [0.1, 0.15) is 17.3 Å². The molecule has 20 heavy (non-hydrogen) atoms. The van der Waals surface area contributed by atoms with Crippen molar-refractivity contribution in [2.24, 2.45) is 12.8 Å². The summed E-state index contributed by atoms with van der Waals surface area (Å²) in [6.07, 6.45) is 0.920. The Kier molecular flexibility index (Phi) is 4.39. The van der Waals surface area contributed by atoms with Gasteiger partial charge < -0.3 is 10.5 Å². The average Bonchev–Trinajstić information content (AvgIpc) is 2.78. The monoisotopic (exact) mass is 289 g/mol. The molecule has 0 saturated heterocycles. The first-order valence-electron chi connectivity index (χ1n) is 6.56. The Labute approximate surface area is 124 Å². The maximum absolute atomic E-state index is 5.88. The van der Waals surface area contributed by atoms with Crippen LogP contribution in [0.3, 0.4) is 0 Å². The van der Waals surface area contributed by atoms with E-state index in [1.807, 2.05) is 36.9 Å². The molecule has 0 aliphatic carbocycles. The quantitative estimate of drug-likeness (QED) is 0.859. The fourth-order valence-electron chi connectivity index (χ4n) is 1.94. The largest absolute Gasteiger partial charge is 0.487 e. The first-order valence-corrected chi connectivity index (χ1v) is 6.97. The fraction of sp³-hybridized carbons (Fsp3) is 0.333. The van der Waals surface area contributed by atoms with Gasteiger partial charge in [-0.05, 0) is 31.0 Å². The Bertz CT molecular complexity index is 634. The number of thiocarbonyl (C=S) groups is 1. The molecular weight excluding hydrogens is 270 g/mol. The molecule has 1 heterocycles. The number of ether oxygens (including phenoxy) is 1. The van der Waals surface area contributed by atoms with Gasteiger partial charge in [0.15, 0.2) is 0 Å².